The molecule has 0 aliphatic heterocycles. The van der Waals surface area contributed by atoms with Crippen LogP contribution in [0.25, 0.3) is 11.0 Å². The minimum atomic E-state index is -0.613. The van der Waals surface area contributed by atoms with Crippen LogP contribution < -0.4 is 16.4 Å². The Labute approximate surface area is 128 Å². The second-order valence-electron chi connectivity index (χ2n) is 5.59. The number of hydrogen-bond donors (Lipinski definition) is 3. The highest BCUT2D eigenvalue weighted by Crippen LogP contribution is 2.17. The fraction of sp³-hybridized carbons (Fsp3) is 0.400. The Bertz CT molecular complexity index is 692. The van der Waals surface area contributed by atoms with E-state index in [9.17, 15) is 9.59 Å². The maximum atomic E-state index is 11.9. The Kier molecular flexibility index (Phi) is 4.77. The van der Waals surface area contributed by atoms with Gasteiger partial charge in [0, 0.05) is 12.7 Å². The average Bonchev–Trinajstić information content (AvgIpc) is 2.84. The number of imidazole rings is 1. The van der Waals surface area contributed by atoms with Crippen LogP contribution in [0.5, 0.6) is 0 Å². The van der Waals surface area contributed by atoms with Crippen molar-refractivity contribution < 1.29 is 9.59 Å². The van der Waals surface area contributed by atoms with Gasteiger partial charge in [0.2, 0.25) is 11.8 Å². The van der Waals surface area contributed by atoms with Gasteiger partial charge in [-0.05, 0) is 24.1 Å². The summed E-state index contributed by atoms with van der Waals surface area (Å²) >= 11 is 0. The zero-order chi connectivity index (χ0) is 16.3. The molecule has 0 bridgehead atoms. The molecule has 1 aromatic heterocycles. The number of anilines is 1. The van der Waals surface area contributed by atoms with Gasteiger partial charge in [-0.1, -0.05) is 13.8 Å². The molecule has 1 atom stereocenters. The molecule has 0 saturated carbocycles. The van der Waals surface area contributed by atoms with Gasteiger partial charge in [-0.25, -0.2) is 4.98 Å². The van der Waals surface area contributed by atoms with E-state index in [4.69, 9.17) is 5.73 Å². The minimum Gasteiger partial charge on any atom is -0.346 e. The van der Waals surface area contributed by atoms with Gasteiger partial charge in [0.1, 0.15) is 0 Å². The standard InChI is InChI=1S/C15H21N5O2/c1-9(2)14(16)15(22)17-7-13(21)19-10-4-5-12-11(6-10)18-8-20(12)3/h4-6,8-9,14H,7,16H2,1-3H3,(H,17,22)(H,19,21)/t14-/m0/s1. The van der Waals surface area contributed by atoms with Crippen molar-refractivity contribution in [3.05, 3.63) is 24.5 Å². The van der Waals surface area contributed by atoms with Crippen molar-refractivity contribution in [1.82, 2.24) is 14.9 Å². The Balaban J connectivity index is 1.92. The third-order valence-corrected chi connectivity index (χ3v) is 3.45. The van der Waals surface area contributed by atoms with Gasteiger partial charge in [0.05, 0.1) is 29.9 Å². The lowest BCUT2D eigenvalue weighted by atomic mass is 10.1. The third kappa shape index (κ3) is 3.62. The fourth-order valence-electron chi connectivity index (χ4n) is 2.01. The molecular weight excluding hydrogens is 282 g/mol. The lowest BCUT2D eigenvalue weighted by Gasteiger charge is -2.15. The highest BCUT2D eigenvalue weighted by atomic mass is 16.2. The van der Waals surface area contributed by atoms with E-state index in [1.165, 1.54) is 0 Å². The maximum Gasteiger partial charge on any atom is 0.243 e. The number of fused-ring (bicyclic) bond motifs is 1. The molecule has 118 valence electrons. The van der Waals surface area contributed by atoms with Crippen LogP contribution in [0, 0.1) is 5.92 Å². The highest BCUT2D eigenvalue weighted by Gasteiger charge is 2.17. The van der Waals surface area contributed by atoms with Gasteiger partial charge in [-0.15, -0.1) is 0 Å². The topological polar surface area (TPSA) is 102 Å². The molecule has 22 heavy (non-hydrogen) atoms. The van der Waals surface area contributed by atoms with Crippen molar-refractivity contribution in [2.75, 3.05) is 11.9 Å². The number of nitrogens with two attached hydrogens (primary N) is 1. The van der Waals surface area contributed by atoms with E-state index in [2.05, 4.69) is 15.6 Å². The number of rotatable bonds is 5. The highest BCUT2D eigenvalue weighted by molar-refractivity contribution is 5.96. The summed E-state index contributed by atoms with van der Waals surface area (Å²) in [6.45, 7) is 3.60. The number of nitrogens with zero attached hydrogens (tertiary/aromatic N) is 2. The molecule has 0 aliphatic rings. The van der Waals surface area contributed by atoms with Crippen molar-refractivity contribution >= 4 is 28.5 Å². The molecule has 2 aromatic rings. The van der Waals surface area contributed by atoms with Crippen LogP contribution in [-0.4, -0.2) is 34.0 Å². The van der Waals surface area contributed by atoms with E-state index >= 15 is 0 Å². The molecule has 0 aliphatic carbocycles. The Morgan fingerprint density at radius 1 is 1.36 bits per heavy atom. The minimum absolute atomic E-state index is 0.0228. The number of carbonyl (C=O) groups is 2. The second-order valence-corrected chi connectivity index (χ2v) is 5.59. The predicted octanol–water partition coefficient (Wildman–Crippen LogP) is 0.611. The van der Waals surface area contributed by atoms with E-state index in [0.29, 0.717) is 5.69 Å². The average molecular weight is 303 g/mol. The number of aryl methyl sites for hydroxylation is 1. The Morgan fingerprint density at radius 2 is 2.09 bits per heavy atom. The third-order valence-electron chi connectivity index (χ3n) is 3.45. The van der Waals surface area contributed by atoms with Gasteiger partial charge >= 0.3 is 0 Å². The number of benzene rings is 1. The molecule has 7 nitrogen and oxygen atoms in total. The first-order valence-corrected chi connectivity index (χ1v) is 7.12. The Morgan fingerprint density at radius 3 is 2.77 bits per heavy atom. The summed E-state index contributed by atoms with van der Waals surface area (Å²) in [5.41, 5.74) is 8.12. The Hall–Kier alpha value is -2.41. The molecule has 4 N–H and O–H groups in total. The molecule has 1 aromatic carbocycles. The summed E-state index contributed by atoms with van der Waals surface area (Å²) in [6.07, 6.45) is 1.71. The van der Waals surface area contributed by atoms with Crippen LogP contribution in [0.15, 0.2) is 24.5 Å². The van der Waals surface area contributed by atoms with Crippen molar-refractivity contribution in [3.8, 4) is 0 Å². The molecule has 0 unspecified atom stereocenters. The number of nitrogens with one attached hydrogen (secondary N) is 2. The fourth-order valence-corrected chi connectivity index (χ4v) is 2.01. The summed E-state index contributed by atoms with van der Waals surface area (Å²) in [5, 5.41) is 5.25. The molecular formula is C15H21N5O2. The summed E-state index contributed by atoms with van der Waals surface area (Å²) in [4.78, 5) is 27.8. The van der Waals surface area contributed by atoms with Crippen molar-refractivity contribution in [2.45, 2.75) is 19.9 Å². The van der Waals surface area contributed by atoms with E-state index < -0.39 is 6.04 Å². The summed E-state index contributed by atoms with van der Waals surface area (Å²) in [5.74, 6) is -0.612. The van der Waals surface area contributed by atoms with Crippen LogP contribution in [0.3, 0.4) is 0 Å². The first kappa shape index (κ1) is 16.0. The quantitative estimate of drug-likeness (QED) is 0.753. The molecule has 2 rings (SSSR count). The monoisotopic (exact) mass is 303 g/mol. The summed E-state index contributed by atoms with van der Waals surface area (Å²) in [6, 6.07) is 4.85. The summed E-state index contributed by atoms with van der Waals surface area (Å²) < 4.78 is 1.90. The zero-order valence-electron chi connectivity index (χ0n) is 13.0. The predicted molar refractivity (Wildman–Crippen MR) is 85.2 cm³/mol. The lowest BCUT2D eigenvalue weighted by Crippen LogP contribution is -2.46. The largest absolute Gasteiger partial charge is 0.346 e. The SMILES string of the molecule is CC(C)[C@H](N)C(=O)NCC(=O)Nc1ccc2c(c1)ncn2C. The molecule has 1 heterocycles. The van der Waals surface area contributed by atoms with Crippen LogP contribution in [-0.2, 0) is 16.6 Å². The van der Waals surface area contributed by atoms with Crippen molar-refractivity contribution in [2.24, 2.45) is 18.7 Å². The second kappa shape index (κ2) is 6.57. The number of carbonyl (C=O) groups excluding carboxylic acids is 2. The van der Waals surface area contributed by atoms with E-state index in [1.807, 2.05) is 31.5 Å². The number of aromatic nitrogens is 2. The van der Waals surface area contributed by atoms with Crippen LogP contribution in [0.4, 0.5) is 5.69 Å². The maximum absolute atomic E-state index is 11.9. The zero-order valence-corrected chi connectivity index (χ0v) is 13.0. The van der Waals surface area contributed by atoms with E-state index in [1.54, 1.807) is 18.5 Å². The van der Waals surface area contributed by atoms with E-state index in [-0.39, 0.29) is 24.3 Å². The first-order valence-electron chi connectivity index (χ1n) is 7.12. The van der Waals surface area contributed by atoms with Gasteiger partial charge in [0.15, 0.2) is 0 Å². The van der Waals surface area contributed by atoms with Gasteiger partial charge in [-0.3, -0.25) is 9.59 Å². The van der Waals surface area contributed by atoms with Crippen molar-refractivity contribution in [3.63, 3.8) is 0 Å². The van der Waals surface area contributed by atoms with Crippen LogP contribution in [0.2, 0.25) is 0 Å². The number of amides is 2. The first-order chi connectivity index (χ1) is 10.4. The summed E-state index contributed by atoms with van der Waals surface area (Å²) in [7, 11) is 1.90. The van der Waals surface area contributed by atoms with Gasteiger partial charge in [0.25, 0.3) is 0 Å². The molecule has 0 radical (unpaired) electrons. The normalized spacial score (nSPS) is 12.4. The molecule has 0 saturated heterocycles. The molecule has 0 spiro atoms. The smallest absolute Gasteiger partial charge is 0.243 e. The lowest BCUT2D eigenvalue weighted by molar-refractivity contribution is -0.125. The van der Waals surface area contributed by atoms with Crippen LogP contribution >= 0.6 is 0 Å². The molecule has 2 amide bonds. The molecule has 0 fully saturated rings. The molecule has 7 heteroatoms. The van der Waals surface area contributed by atoms with Gasteiger partial charge in [-0.2, -0.15) is 0 Å². The van der Waals surface area contributed by atoms with Crippen molar-refractivity contribution in [1.29, 1.82) is 0 Å². The van der Waals surface area contributed by atoms with Gasteiger partial charge < -0.3 is 20.9 Å². The van der Waals surface area contributed by atoms with E-state index in [0.717, 1.165) is 11.0 Å². The number of hydrogen-bond acceptors (Lipinski definition) is 4. The van der Waals surface area contributed by atoms with Crippen LogP contribution in [0.1, 0.15) is 13.8 Å².